The van der Waals surface area contributed by atoms with Crippen LogP contribution in [0.5, 0.6) is 11.5 Å². The van der Waals surface area contributed by atoms with E-state index in [9.17, 15) is 14.4 Å². The van der Waals surface area contributed by atoms with Crippen molar-refractivity contribution in [2.45, 2.75) is 13.0 Å². The SMILES string of the molecule is CNC(=O)CN1C(=O)C(C)Oc2c(OC)cc(C=O)cc21. The minimum atomic E-state index is -0.738. The van der Waals surface area contributed by atoms with Crippen LogP contribution in [0.4, 0.5) is 5.69 Å². The van der Waals surface area contributed by atoms with Crippen LogP contribution in [0.3, 0.4) is 0 Å². The van der Waals surface area contributed by atoms with Gasteiger partial charge < -0.3 is 14.8 Å². The Morgan fingerprint density at radius 3 is 2.81 bits per heavy atom. The van der Waals surface area contributed by atoms with Gasteiger partial charge in [-0.2, -0.15) is 0 Å². The number of amides is 2. The molecule has 0 bridgehead atoms. The van der Waals surface area contributed by atoms with Crippen molar-refractivity contribution in [2.75, 3.05) is 25.6 Å². The van der Waals surface area contributed by atoms with Gasteiger partial charge in [0.1, 0.15) is 12.8 Å². The molecule has 0 aliphatic carbocycles. The maximum Gasteiger partial charge on any atom is 0.268 e. The van der Waals surface area contributed by atoms with Crippen LogP contribution in [0.15, 0.2) is 12.1 Å². The molecule has 7 heteroatoms. The number of rotatable bonds is 4. The summed E-state index contributed by atoms with van der Waals surface area (Å²) in [6, 6.07) is 3.02. The summed E-state index contributed by atoms with van der Waals surface area (Å²) in [5.41, 5.74) is 0.682. The van der Waals surface area contributed by atoms with Crippen LogP contribution >= 0.6 is 0 Å². The van der Waals surface area contributed by atoms with E-state index in [1.807, 2.05) is 0 Å². The third kappa shape index (κ3) is 2.67. The van der Waals surface area contributed by atoms with Gasteiger partial charge in [-0.05, 0) is 19.1 Å². The topological polar surface area (TPSA) is 84.9 Å². The maximum atomic E-state index is 12.2. The fourth-order valence-corrected chi connectivity index (χ4v) is 2.10. The minimum absolute atomic E-state index is 0.151. The van der Waals surface area contributed by atoms with Crippen LogP contribution < -0.4 is 19.7 Å². The molecule has 1 aromatic carbocycles. The quantitative estimate of drug-likeness (QED) is 0.810. The van der Waals surface area contributed by atoms with Crippen LogP contribution in [-0.2, 0) is 9.59 Å². The highest BCUT2D eigenvalue weighted by Crippen LogP contribution is 2.42. The van der Waals surface area contributed by atoms with E-state index in [1.54, 1.807) is 6.92 Å². The molecule has 0 radical (unpaired) electrons. The molecule has 0 aromatic heterocycles. The van der Waals surface area contributed by atoms with Gasteiger partial charge in [-0.15, -0.1) is 0 Å². The van der Waals surface area contributed by atoms with Gasteiger partial charge in [0.25, 0.3) is 5.91 Å². The second kappa shape index (κ2) is 5.82. The lowest BCUT2D eigenvalue weighted by molar-refractivity contribution is -0.128. The highest BCUT2D eigenvalue weighted by Gasteiger charge is 2.35. The van der Waals surface area contributed by atoms with Gasteiger partial charge in [-0.3, -0.25) is 19.3 Å². The van der Waals surface area contributed by atoms with Gasteiger partial charge in [-0.1, -0.05) is 0 Å². The van der Waals surface area contributed by atoms with E-state index in [0.717, 1.165) is 0 Å². The lowest BCUT2D eigenvalue weighted by Gasteiger charge is -2.33. The Kier molecular flexibility index (Phi) is 4.11. The first-order valence-electron chi connectivity index (χ1n) is 6.37. The van der Waals surface area contributed by atoms with E-state index < -0.39 is 6.10 Å². The van der Waals surface area contributed by atoms with E-state index in [0.29, 0.717) is 29.0 Å². The summed E-state index contributed by atoms with van der Waals surface area (Å²) in [5.74, 6) is 0.0186. The number of likely N-dealkylation sites (N-methyl/N-ethyl adjacent to an activating group) is 1. The second-order valence-corrected chi connectivity index (χ2v) is 4.55. The van der Waals surface area contributed by atoms with Crippen LogP contribution in [0.1, 0.15) is 17.3 Å². The third-order valence-corrected chi connectivity index (χ3v) is 3.19. The largest absolute Gasteiger partial charge is 0.493 e. The number of benzene rings is 1. The molecule has 0 spiro atoms. The molecule has 0 fully saturated rings. The predicted octanol–water partition coefficient (Wildman–Crippen LogP) is 0.368. The number of hydrogen-bond donors (Lipinski definition) is 1. The number of anilines is 1. The summed E-state index contributed by atoms with van der Waals surface area (Å²) in [6.45, 7) is 1.44. The van der Waals surface area contributed by atoms with E-state index in [1.165, 1.54) is 31.2 Å². The van der Waals surface area contributed by atoms with E-state index in [4.69, 9.17) is 9.47 Å². The lowest BCUT2D eigenvalue weighted by atomic mass is 10.1. The maximum absolute atomic E-state index is 12.2. The molecule has 0 saturated carbocycles. The average molecular weight is 292 g/mol. The second-order valence-electron chi connectivity index (χ2n) is 4.55. The van der Waals surface area contributed by atoms with Gasteiger partial charge in [0, 0.05) is 12.6 Å². The molecule has 1 aliphatic heterocycles. The molecule has 1 N–H and O–H groups in total. The highest BCUT2D eigenvalue weighted by atomic mass is 16.5. The Hall–Kier alpha value is -2.57. The number of fused-ring (bicyclic) bond motifs is 1. The molecule has 2 rings (SSSR count). The molecular weight excluding hydrogens is 276 g/mol. The molecule has 112 valence electrons. The highest BCUT2D eigenvalue weighted by molar-refractivity contribution is 6.04. The molecule has 1 aliphatic rings. The smallest absolute Gasteiger partial charge is 0.268 e. The van der Waals surface area contributed by atoms with Gasteiger partial charge in [-0.25, -0.2) is 0 Å². The molecule has 1 aromatic rings. The first-order chi connectivity index (χ1) is 10.0. The number of ether oxygens (including phenoxy) is 2. The monoisotopic (exact) mass is 292 g/mol. The average Bonchev–Trinajstić information content (AvgIpc) is 2.50. The van der Waals surface area contributed by atoms with E-state index in [-0.39, 0.29) is 18.4 Å². The zero-order valence-corrected chi connectivity index (χ0v) is 12.0. The number of methoxy groups -OCH3 is 1. The Morgan fingerprint density at radius 2 is 2.24 bits per heavy atom. The van der Waals surface area contributed by atoms with Crippen LogP contribution in [0.2, 0.25) is 0 Å². The molecule has 1 heterocycles. The summed E-state index contributed by atoms with van der Waals surface area (Å²) in [6.07, 6.45) is -0.0956. The van der Waals surface area contributed by atoms with Crippen molar-refractivity contribution in [2.24, 2.45) is 0 Å². The van der Waals surface area contributed by atoms with Crippen molar-refractivity contribution < 1.29 is 23.9 Å². The molecule has 2 amide bonds. The van der Waals surface area contributed by atoms with Crippen LogP contribution in [0, 0.1) is 0 Å². The number of nitrogens with one attached hydrogen (secondary N) is 1. The molecule has 0 saturated heterocycles. The Balaban J connectivity index is 2.56. The lowest BCUT2D eigenvalue weighted by Crippen LogP contribution is -2.48. The normalized spacial score (nSPS) is 16.8. The molecule has 7 nitrogen and oxygen atoms in total. The fourth-order valence-electron chi connectivity index (χ4n) is 2.10. The van der Waals surface area contributed by atoms with Gasteiger partial charge in [0.05, 0.1) is 12.8 Å². The van der Waals surface area contributed by atoms with E-state index >= 15 is 0 Å². The Bertz CT molecular complexity index is 599. The fraction of sp³-hybridized carbons (Fsp3) is 0.357. The minimum Gasteiger partial charge on any atom is -0.493 e. The number of aldehydes is 1. The number of carbonyl (C=O) groups excluding carboxylic acids is 3. The summed E-state index contributed by atoms with van der Waals surface area (Å²) in [7, 11) is 2.93. The van der Waals surface area contributed by atoms with Crippen LogP contribution in [0.25, 0.3) is 0 Å². The predicted molar refractivity (Wildman–Crippen MR) is 74.9 cm³/mol. The van der Waals surface area contributed by atoms with Crippen molar-refractivity contribution in [1.29, 1.82) is 0 Å². The molecule has 1 unspecified atom stereocenters. The van der Waals surface area contributed by atoms with Crippen LogP contribution in [-0.4, -0.2) is 44.9 Å². The zero-order valence-electron chi connectivity index (χ0n) is 12.0. The van der Waals surface area contributed by atoms with Gasteiger partial charge in [0.15, 0.2) is 17.6 Å². The summed E-state index contributed by atoms with van der Waals surface area (Å²) >= 11 is 0. The number of nitrogens with zero attached hydrogens (tertiary/aromatic N) is 1. The summed E-state index contributed by atoms with van der Waals surface area (Å²) in [5, 5.41) is 2.46. The third-order valence-electron chi connectivity index (χ3n) is 3.19. The molecular formula is C14H16N2O5. The first kappa shape index (κ1) is 14.8. The van der Waals surface area contributed by atoms with Crippen molar-refractivity contribution >= 4 is 23.8 Å². The van der Waals surface area contributed by atoms with Gasteiger partial charge in [0.2, 0.25) is 5.91 Å². The molecule has 1 atom stereocenters. The summed E-state index contributed by atoms with van der Waals surface area (Å²) < 4.78 is 10.7. The first-order valence-corrected chi connectivity index (χ1v) is 6.37. The van der Waals surface area contributed by atoms with E-state index in [2.05, 4.69) is 5.32 Å². The van der Waals surface area contributed by atoms with Crippen molar-refractivity contribution in [3.8, 4) is 11.5 Å². The zero-order chi connectivity index (χ0) is 15.6. The Labute approximate surface area is 121 Å². The van der Waals surface area contributed by atoms with Crippen molar-refractivity contribution in [1.82, 2.24) is 5.32 Å². The van der Waals surface area contributed by atoms with Crippen molar-refractivity contribution in [3.63, 3.8) is 0 Å². The number of hydrogen-bond acceptors (Lipinski definition) is 5. The molecule has 21 heavy (non-hydrogen) atoms. The van der Waals surface area contributed by atoms with Gasteiger partial charge >= 0.3 is 0 Å². The Morgan fingerprint density at radius 1 is 1.52 bits per heavy atom. The van der Waals surface area contributed by atoms with Crippen molar-refractivity contribution in [3.05, 3.63) is 17.7 Å². The summed E-state index contributed by atoms with van der Waals surface area (Å²) in [4.78, 5) is 36.1. The standard InChI is InChI=1S/C14H16N2O5/c1-8-14(19)16(6-12(18)15-2)10-4-9(7-17)5-11(20-3)13(10)21-8/h4-5,7-8H,6H2,1-3H3,(H,15,18). The number of carbonyl (C=O) groups is 3.